The van der Waals surface area contributed by atoms with Crippen molar-refractivity contribution in [3.05, 3.63) is 24.3 Å². The van der Waals surface area contributed by atoms with Crippen LogP contribution in [-0.4, -0.2) is 50.6 Å². The summed E-state index contributed by atoms with van der Waals surface area (Å²) >= 11 is 0. The number of benzene rings is 1. The zero-order valence-corrected chi connectivity index (χ0v) is 17.2. The van der Waals surface area contributed by atoms with Crippen molar-refractivity contribution in [2.45, 2.75) is 79.7 Å². The zero-order chi connectivity index (χ0) is 19.1. The standard InChI is InChI=1S/C19H28N2O4S2/c22-26(23,20-14-4-1-5-15-20)18-10-12-19(13-11-18)27(24,25)21(17-8-9-17)16-6-2-3-7-16/h10-13,16-17H,1-9,14-15H2. The summed E-state index contributed by atoms with van der Waals surface area (Å²) in [5, 5.41) is 0. The highest BCUT2D eigenvalue weighted by Crippen LogP contribution is 2.38. The molecule has 0 unspecified atom stereocenters. The van der Waals surface area contributed by atoms with Crippen LogP contribution in [0.5, 0.6) is 0 Å². The summed E-state index contributed by atoms with van der Waals surface area (Å²) in [6.45, 7) is 1.08. The minimum atomic E-state index is -3.58. The molecule has 1 aliphatic heterocycles. The van der Waals surface area contributed by atoms with Gasteiger partial charge in [-0.05, 0) is 62.8 Å². The molecule has 1 aromatic rings. The van der Waals surface area contributed by atoms with Crippen molar-refractivity contribution in [3.8, 4) is 0 Å². The zero-order valence-electron chi connectivity index (χ0n) is 15.6. The Hall–Kier alpha value is -0.960. The Bertz CT molecular complexity index is 865. The maximum Gasteiger partial charge on any atom is 0.243 e. The SMILES string of the molecule is O=S(=O)(c1ccc(S(=O)(=O)N(C2CCCC2)C2CC2)cc1)N1CCCCC1. The summed E-state index contributed by atoms with van der Waals surface area (Å²) in [7, 11) is -7.12. The molecular weight excluding hydrogens is 384 g/mol. The fourth-order valence-electron chi connectivity index (χ4n) is 4.34. The summed E-state index contributed by atoms with van der Waals surface area (Å²) in [6, 6.07) is 6.06. The van der Waals surface area contributed by atoms with Crippen molar-refractivity contribution in [1.82, 2.24) is 8.61 Å². The minimum absolute atomic E-state index is 0.0965. The van der Waals surface area contributed by atoms with Crippen LogP contribution in [0.25, 0.3) is 0 Å². The summed E-state index contributed by atoms with van der Waals surface area (Å²) in [4.78, 5) is 0.390. The average Bonchev–Trinajstić information content (AvgIpc) is 3.35. The quantitative estimate of drug-likeness (QED) is 0.720. The Balaban J connectivity index is 1.59. The molecule has 27 heavy (non-hydrogen) atoms. The first-order valence-electron chi connectivity index (χ1n) is 10.0. The molecule has 0 amide bonds. The lowest BCUT2D eigenvalue weighted by molar-refractivity contribution is 0.314. The lowest BCUT2D eigenvalue weighted by Gasteiger charge is -2.28. The molecule has 0 N–H and O–H groups in total. The van der Waals surface area contributed by atoms with E-state index < -0.39 is 20.0 Å². The molecule has 0 atom stereocenters. The second-order valence-electron chi connectivity index (χ2n) is 7.94. The van der Waals surface area contributed by atoms with Crippen molar-refractivity contribution in [2.24, 2.45) is 0 Å². The van der Waals surface area contributed by atoms with E-state index in [2.05, 4.69) is 0 Å². The highest BCUT2D eigenvalue weighted by Gasteiger charge is 2.43. The second-order valence-corrected chi connectivity index (χ2v) is 11.7. The first kappa shape index (κ1) is 19.4. The molecule has 6 nitrogen and oxygen atoms in total. The molecule has 0 spiro atoms. The van der Waals surface area contributed by atoms with Crippen molar-refractivity contribution >= 4 is 20.0 Å². The highest BCUT2D eigenvalue weighted by atomic mass is 32.2. The van der Waals surface area contributed by atoms with Gasteiger partial charge in [0, 0.05) is 25.2 Å². The molecule has 1 aromatic carbocycles. The normalized spacial score (nSPS) is 23.1. The van der Waals surface area contributed by atoms with Crippen molar-refractivity contribution in [2.75, 3.05) is 13.1 Å². The van der Waals surface area contributed by atoms with Crippen molar-refractivity contribution in [3.63, 3.8) is 0 Å². The Labute approximate surface area is 162 Å². The molecule has 2 saturated carbocycles. The van der Waals surface area contributed by atoms with E-state index in [0.29, 0.717) is 13.1 Å². The van der Waals surface area contributed by atoms with Gasteiger partial charge in [-0.25, -0.2) is 16.8 Å². The van der Waals surface area contributed by atoms with Crippen LogP contribution in [-0.2, 0) is 20.0 Å². The van der Waals surface area contributed by atoms with Gasteiger partial charge in [0.2, 0.25) is 20.0 Å². The first-order chi connectivity index (χ1) is 12.9. The molecule has 0 radical (unpaired) electrons. The van der Waals surface area contributed by atoms with Crippen LogP contribution >= 0.6 is 0 Å². The molecule has 4 rings (SSSR count). The second kappa shape index (κ2) is 7.46. The molecule has 8 heteroatoms. The van der Waals surface area contributed by atoms with E-state index in [0.717, 1.165) is 57.8 Å². The number of sulfonamides is 2. The van der Waals surface area contributed by atoms with Crippen molar-refractivity contribution in [1.29, 1.82) is 0 Å². The van der Waals surface area contributed by atoms with Gasteiger partial charge in [0.15, 0.2) is 0 Å². The molecule has 1 heterocycles. The van der Waals surface area contributed by atoms with Gasteiger partial charge in [-0.1, -0.05) is 19.3 Å². The van der Waals surface area contributed by atoms with Crippen LogP contribution in [0.4, 0.5) is 0 Å². The molecular formula is C19H28N2O4S2. The summed E-state index contributed by atoms with van der Waals surface area (Å²) in [6.07, 6.45) is 8.68. The Kier molecular flexibility index (Phi) is 5.35. The van der Waals surface area contributed by atoms with Crippen LogP contribution in [0.3, 0.4) is 0 Å². The fraction of sp³-hybridized carbons (Fsp3) is 0.684. The minimum Gasteiger partial charge on any atom is -0.207 e. The van der Waals surface area contributed by atoms with Gasteiger partial charge in [0.25, 0.3) is 0 Å². The number of nitrogens with zero attached hydrogens (tertiary/aromatic N) is 2. The predicted molar refractivity (Wildman–Crippen MR) is 103 cm³/mol. The lowest BCUT2D eigenvalue weighted by atomic mass is 10.2. The van der Waals surface area contributed by atoms with E-state index in [1.54, 1.807) is 4.31 Å². The smallest absolute Gasteiger partial charge is 0.207 e. The van der Waals surface area contributed by atoms with Crippen LogP contribution in [0, 0.1) is 0 Å². The van der Waals surface area contributed by atoms with E-state index >= 15 is 0 Å². The number of rotatable bonds is 6. The lowest BCUT2D eigenvalue weighted by Crippen LogP contribution is -2.40. The van der Waals surface area contributed by atoms with Crippen LogP contribution in [0.15, 0.2) is 34.1 Å². The van der Waals surface area contributed by atoms with Gasteiger partial charge in [0.05, 0.1) is 9.79 Å². The van der Waals surface area contributed by atoms with Crippen LogP contribution in [0.2, 0.25) is 0 Å². The summed E-state index contributed by atoms with van der Waals surface area (Å²) in [5.41, 5.74) is 0. The van der Waals surface area contributed by atoms with Crippen molar-refractivity contribution < 1.29 is 16.8 Å². The molecule has 0 bridgehead atoms. The Morgan fingerprint density at radius 2 is 1.22 bits per heavy atom. The van der Waals surface area contributed by atoms with Gasteiger partial charge in [-0.15, -0.1) is 0 Å². The molecule has 3 aliphatic rings. The third-order valence-corrected chi connectivity index (χ3v) is 9.88. The van der Waals surface area contributed by atoms with Gasteiger partial charge in [-0.2, -0.15) is 8.61 Å². The average molecular weight is 413 g/mol. The van der Waals surface area contributed by atoms with E-state index in [9.17, 15) is 16.8 Å². The van der Waals surface area contributed by atoms with Gasteiger partial charge >= 0.3 is 0 Å². The fourth-order valence-corrected chi connectivity index (χ4v) is 7.79. The highest BCUT2D eigenvalue weighted by molar-refractivity contribution is 7.89. The largest absolute Gasteiger partial charge is 0.243 e. The van der Waals surface area contributed by atoms with E-state index in [1.807, 2.05) is 0 Å². The molecule has 1 saturated heterocycles. The Morgan fingerprint density at radius 3 is 1.78 bits per heavy atom. The van der Waals surface area contributed by atoms with E-state index in [4.69, 9.17) is 0 Å². The summed E-state index contributed by atoms with van der Waals surface area (Å²) < 4.78 is 55.2. The van der Waals surface area contributed by atoms with E-state index in [-0.39, 0.29) is 21.9 Å². The molecule has 150 valence electrons. The van der Waals surface area contributed by atoms with Gasteiger partial charge < -0.3 is 0 Å². The van der Waals surface area contributed by atoms with E-state index in [1.165, 1.54) is 28.6 Å². The monoisotopic (exact) mass is 412 g/mol. The number of hydrogen-bond donors (Lipinski definition) is 0. The van der Waals surface area contributed by atoms with Gasteiger partial charge in [0.1, 0.15) is 0 Å². The number of piperidine rings is 1. The predicted octanol–water partition coefficient (Wildman–Crippen LogP) is 2.96. The summed E-state index contributed by atoms with van der Waals surface area (Å²) in [5.74, 6) is 0. The molecule has 0 aromatic heterocycles. The molecule has 3 fully saturated rings. The maximum absolute atomic E-state index is 13.2. The van der Waals surface area contributed by atoms with Crippen LogP contribution < -0.4 is 0 Å². The Morgan fingerprint density at radius 1 is 0.704 bits per heavy atom. The maximum atomic E-state index is 13.2. The molecule has 2 aliphatic carbocycles. The third kappa shape index (κ3) is 3.81. The topological polar surface area (TPSA) is 74.8 Å². The van der Waals surface area contributed by atoms with Crippen LogP contribution in [0.1, 0.15) is 57.8 Å². The first-order valence-corrected chi connectivity index (χ1v) is 12.9. The third-order valence-electron chi connectivity index (χ3n) is 5.94. The van der Waals surface area contributed by atoms with Gasteiger partial charge in [-0.3, -0.25) is 0 Å². The number of hydrogen-bond acceptors (Lipinski definition) is 4.